The number of hydrogen-bond donors (Lipinski definition) is 1. The molecule has 1 aliphatic carbocycles. The monoisotopic (exact) mass is 311 g/mol. The van der Waals surface area contributed by atoms with Gasteiger partial charge in [-0.2, -0.15) is 4.31 Å². The van der Waals surface area contributed by atoms with Crippen molar-refractivity contribution in [3.63, 3.8) is 0 Å². The van der Waals surface area contributed by atoms with E-state index in [1.54, 1.807) is 31.3 Å². The van der Waals surface area contributed by atoms with Gasteiger partial charge in [0.25, 0.3) is 0 Å². The number of rotatable bonds is 6. The third kappa shape index (κ3) is 3.13. The Balaban J connectivity index is 2.18. The van der Waals surface area contributed by atoms with Crippen molar-refractivity contribution in [2.24, 2.45) is 5.73 Å². The largest absolute Gasteiger partial charge is 0.326 e. The summed E-state index contributed by atoms with van der Waals surface area (Å²) in [7, 11) is 2.27. The smallest absolute Gasteiger partial charge is 0.242 e. The van der Waals surface area contributed by atoms with Gasteiger partial charge in [-0.25, -0.2) is 8.42 Å². The molecule has 0 atom stereocenters. The van der Waals surface area contributed by atoms with Gasteiger partial charge in [0.05, 0.1) is 4.90 Å². The van der Waals surface area contributed by atoms with Crippen molar-refractivity contribution in [3.8, 4) is 0 Å². The van der Waals surface area contributed by atoms with E-state index in [1.165, 1.54) is 4.31 Å². The van der Waals surface area contributed by atoms with Gasteiger partial charge in [-0.3, -0.25) is 0 Å². The van der Waals surface area contributed by atoms with E-state index in [-0.39, 0.29) is 5.54 Å². The lowest BCUT2D eigenvalue weighted by Crippen LogP contribution is -2.57. The average molecular weight is 311 g/mol. The fourth-order valence-corrected chi connectivity index (χ4v) is 4.06. The molecular formula is C15H25N3O2S. The zero-order chi connectivity index (χ0) is 15.7. The van der Waals surface area contributed by atoms with Gasteiger partial charge in [0.2, 0.25) is 10.0 Å². The first-order valence-electron chi connectivity index (χ1n) is 7.25. The first kappa shape index (κ1) is 16.4. The lowest BCUT2D eigenvalue weighted by Gasteiger charge is -2.48. The van der Waals surface area contributed by atoms with Gasteiger partial charge in [0.1, 0.15) is 0 Å². The number of likely N-dealkylation sites (N-methyl/N-ethyl adjacent to an activating group) is 2. The molecule has 5 nitrogen and oxygen atoms in total. The fraction of sp³-hybridized carbons (Fsp3) is 0.600. The topological polar surface area (TPSA) is 66.6 Å². The van der Waals surface area contributed by atoms with Crippen molar-refractivity contribution in [3.05, 3.63) is 29.8 Å². The van der Waals surface area contributed by atoms with Crippen LogP contribution in [0.15, 0.2) is 29.2 Å². The summed E-state index contributed by atoms with van der Waals surface area (Å²) < 4.78 is 26.8. The number of nitrogens with zero attached hydrogens (tertiary/aromatic N) is 2. The second kappa shape index (κ2) is 6.04. The lowest BCUT2D eigenvalue weighted by molar-refractivity contribution is 0.0455. The number of hydrogen-bond acceptors (Lipinski definition) is 4. The Morgan fingerprint density at radius 3 is 2.10 bits per heavy atom. The molecule has 0 radical (unpaired) electrons. The molecule has 2 N–H and O–H groups in total. The quantitative estimate of drug-likeness (QED) is 0.858. The summed E-state index contributed by atoms with van der Waals surface area (Å²) >= 11 is 0. The summed E-state index contributed by atoms with van der Waals surface area (Å²) in [4.78, 5) is 2.48. The van der Waals surface area contributed by atoms with Gasteiger partial charge in [0.15, 0.2) is 0 Å². The van der Waals surface area contributed by atoms with Gasteiger partial charge >= 0.3 is 0 Å². The number of nitrogens with two attached hydrogens (primary N) is 1. The summed E-state index contributed by atoms with van der Waals surface area (Å²) in [5.41, 5.74) is 6.46. The van der Waals surface area contributed by atoms with Crippen LogP contribution < -0.4 is 5.73 Å². The second-order valence-electron chi connectivity index (χ2n) is 6.08. The van der Waals surface area contributed by atoms with Crippen molar-refractivity contribution in [2.45, 2.75) is 36.2 Å². The minimum atomic E-state index is -3.44. The molecule has 0 amide bonds. The van der Waals surface area contributed by atoms with Crippen LogP contribution in [0.4, 0.5) is 0 Å². The molecule has 0 saturated heterocycles. The molecule has 0 spiro atoms. The molecule has 1 saturated carbocycles. The summed E-state index contributed by atoms with van der Waals surface area (Å²) in [5, 5.41) is 0. The zero-order valence-corrected chi connectivity index (χ0v) is 13.9. The molecular weight excluding hydrogens is 286 g/mol. The van der Waals surface area contributed by atoms with Crippen LogP contribution in [-0.2, 0) is 16.6 Å². The van der Waals surface area contributed by atoms with Crippen LogP contribution in [0.3, 0.4) is 0 Å². The van der Waals surface area contributed by atoms with E-state index < -0.39 is 10.0 Å². The Hall–Kier alpha value is -0.950. The predicted octanol–water partition coefficient (Wildman–Crippen LogP) is 1.25. The maximum absolute atomic E-state index is 12.6. The van der Waals surface area contributed by atoms with Crippen LogP contribution in [0.2, 0.25) is 0 Å². The molecule has 0 unspecified atom stereocenters. The molecule has 1 aromatic carbocycles. The maximum Gasteiger partial charge on any atom is 0.242 e. The first-order valence-corrected chi connectivity index (χ1v) is 8.69. The molecule has 1 fully saturated rings. The van der Waals surface area contributed by atoms with Gasteiger partial charge in [-0.1, -0.05) is 12.1 Å². The Labute approximate surface area is 127 Å². The van der Waals surface area contributed by atoms with E-state index in [1.807, 2.05) is 14.1 Å². The standard InChI is InChI=1S/C15H25N3O2S/c1-17(2)15(9-4-10-15)12-18(3)21(19,20)14-7-5-13(11-16)6-8-14/h5-8H,4,9-12,16H2,1-3H3. The molecule has 1 aromatic rings. The average Bonchev–Trinajstić information content (AvgIpc) is 2.42. The minimum Gasteiger partial charge on any atom is -0.326 e. The van der Waals surface area contributed by atoms with Gasteiger partial charge < -0.3 is 10.6 Å². The van der Waals surface area contributed by atoms with Gasteiger partial charge in [0, 0.05) is 25.7 Å². The third-order valence-corrected chi connectivity index (χ3v) is 6.43. The van der Waals surface area contributed by atoms with Crippen molar-refractivity contribution in [2.75, 3.05) is 27.7 Å². The normalized spacial score (nSPS) is 18.0. The van der Waals surface area contributed by atoms with Crippen molar-refractivity contribution >= 4 is 10.0 Å². The van der Waals surface area contributed by atoms with Crippen LogP contribution >= 0.6 is 0 Å². The summed E-state index contributed by atoms with van der Waals surface area (Å²) in [6.07, 6.45) is 3.26. The van der Waals surface area contributed by atoms with E-state index in [0.717, 1.165) is 24.8 Å². The molecule has 118 valence electrons. The molecule has 0 aromatic heterocycles. The minimum absolute atomic E-state index is 0.0149. The van der Waals surface area contributed by atoms with Gasteiger partial charge in [-0.05, 0) is 51.1 Å². The molecule has 6 heteroatoms. The highest BCUT2D eigenvalue weighted by molar-refractivity contribution is 7.89. The Morgan fingerprint density at radius 2 is 1.71 bits per heavy atom. The van der Waals surface area contributed by atoms with Crippen LogP contribution in [0.25, 0.3) is 0 Å². The van der Waals surface area contributed by atoms with E-state index in [2.05, 4.69) is 4.90 Å². The Bertz CT molecular complexity index is 577. The molecule has 1 aliphatic rings. The van der Waals surface area contributed by atoms with Crippen LogP contribution in [-0.4, -0.2) is 50.8 Å². The van der Waals surface area contributed by atoms with Crippen molar-refractivity contribution in [1.82, 2.24) is 9.21 Å². The third-order valence-electron chi connectivity index (χ3n) is 4.62. The molecule has 0 bridgehead atoms. The highest BCUT2D eigenvalue weighted by Gasteiger charge is 2.42. The molecule has 0 heterocycles. The van der Waals surface area contributed by atoms with Crippen molar-refractivity contribution < 1.29 is 8.42 Å². The number of sulfonamides is 1. The summed E-state index contributed by atoms with van der Waals surface area (Å²) in [6.45, 7) is 0.945. The summed E-state index contributed by atoms with van der Waals surface area (Å²) in [5.74, 6) is 0. The molecule has 2 rings (SSSR count). The maximum atomic E-state index is 12.6. The second-order valence-corrected chi connectivity index (χ2v) is 8.13. The Morgan fingerprint density at radius 1 is 1.14 bits per heavy atom. The van der Waals surface area contributed by atoms with E-state index in [4.69, 9.17) is 5.73 Å². The highest BCUT2D eigenvalue weighted by atomic mass is 32.2. The molecule has 21 heavy (non-hydrogen) atoms. The van der Waals surface area contributed by atoms with Crippen LogP contribution in [0.1, 0.15) is 24.8 Å². The first-order chi connectivity index (χ1) is 9.82. The fourth-order valence-electron chi connectivity index (χ4n) is 2.81. The van der Waals surface area contributed by atoms with E-state index in [0.29, 0.717) is 18.0 Å². The predicted molar refractivity (Wildman–Crippen MR) is 84.4 cm³/mol. The summed E-state index contributed by atoms with van der Waals surface area (Å²) in [6, 6.07) is 6.81. The SMILES string of the molecule is CN(C)C1(CN(C)S(=O)(=O)c2ccc(CN)cc2)CCC1. The van der Waals surface area contributed by atoms with Crippen LogP contribution in [0, 0.1) is 0 Å². The van der Waals surface area contributed by atoms with Crippen molar-refractivity contribution in [1.29, 1.82) is 0 Å². The van der Waals surface area contributed by atoms with E-state index in [9.17, 15) is 8.42 Å². The lowest BCUT2D eigenvalue weighted by atomic mass is 9.75. The van der Waals surface area contributed by atoms with Gasteiger partial charge in [-0.15, -0.1) is 0 Å². The van der Waals surface area contributed by atoms with Crippen LogP contribution in [0.5, 0.6) is 0 Å². The Kier molecular flexibility index (Phi) is 4.72. The number of benzene rings is 1. The highest BCUT2D eigenvalue weighted by Crippen LogP contribution is 2.37. The zero-order valence-electron chi connectivity index (χ0n) is 13.0. The van der Waals surface area contributed by atoms with E-state index >= 15 is 0 Å². The molecule has 0 aliphatic heterocycles.